The quantitative estimate of drug-likeness (QED) is 0.725. The van der Waals surface area contributed by atoms with Crippen molar-refractivity contribution in [3.8, 4) is 0 Å². The molecule has 0 heterocycles. The van der Waals surface area contributed by atoms with Crippen molar-refractivity contribution >= 4 is 5.91 Å². The van der Waals surface area contributed by atoms with Crippen molar-refractivity contribution in [2.24, 2.45) is 23.0 Å². The van der Waals surface area contributed by atoms with Gasteiger partial charge in [-0.25, -0.2) is 0 Å². The average molecular weight is 270 g/mol. The van der Waals surface area contributed by atoms with Gasteiger partial charge in [-0.05, 0) is 42.9 Å². The maximum atomic E-state index is 11.6. The van der Waals surface area contributed by atoms with E-state index in [1.165, 1.54) is 12.8 Å². The monoisotopic (exact) mass is 270 g/mol. The first-order valence-corrected chi connectivity index (χ1v) is 7.38. The lowest BCUT2D eigenvalue weighted by atomic mass is 9.68. The summed E-state index contributed by atoms with van der Waals surface area (Å²) >= 11 is 0. The minimum atomic E-state index is -0.227. The Labute approximate surface area is 117 Å². The summed E-state index contributed by atoms with van der Waals surface area (Å²) in [5.74, 6) is 0.916. The van der Waals surface area contributed by atoms with E-state index in [0.29, 0.717) is 24.5 Å². The number of hydrogen-bond donors (Lipinski definition) is 2. The number of carbonyl (C=O) groups is 1. The molecule has 1 amide bonds. The van der Waals surface area contributed by atoms with Crippen LogP contribution in [0.1, 0.15) is 46.5 Å². The van der Waals surface area contributed by atoms with Gasteiger partial charge in [-0.15, -0.1) is 0 Å². The van der Waals surface area contributed by atoms with Crippen LogP contribution in [0.4, 0.5) is 0 Å². The van der Waals surface area contributed by atoms with Crippen molar-refractivity contribution in [1.29, 1.82) is 0 Å². The molecule has 1 atom stereocenters. The minimum absolute atomic E-state index is 0.198. The summed E-state index contributed by atoms with van der Waals surface area (Å²) in [4.78, 5) is 11.6. The molecule has 112 valence electrons. The van der Waals surface area contributed by atoms with E-state index in [-0.39, 0.29) is 11.9 Å². The summed E-state index contributed by atoms with van der Waals surface area (Å²) in [7, 11) is 1.66. The summed E-state index contributed by atoms with van der Waals surface area (Å²) in [6, 6.07) is -0.198. The Morgan fingerprint density at radius 2 is 1.89 bits per heavy atom. The lowest BCUT2D eigenvalue weighted by molar-refractivity contribution is -0.121. The fourth-order valence-corrected chi connectivity index (χ4v) is 3.13. The molecule has 1 fully saturated rings. The number of nitrogens with one attached hydrogen (secondary N) is 1. The maximum Gasteiger partial charge on any atom is 0.234 e. The molecule has 19 heavy (non-hydrogen) atoms. The number of methoxy groups -OCH3 is 1. The van der Waals surface area contributed by atoms with Gasteiger partial charge in [-0.3, -0.25) is 4.79 Å². The maximum absolute atomic E-state index is 11.6. The van der Waals surface area contributed by atoms with E-state index in [1.54, 1.807) is 7.11 Å². The molecule has 1 aliphatic rings. The van der Waals surface area contributed by atoms with E-state index < -0.39 is 0 Å². The van der Waals surface area contributed by atoms with Crippen LogP contribution >= 0.6 is 0 Å². The summed E-state index contributed by atoms with van der Waals surface area (Å²) in [5, 5.41) is 3.24. The Balaban J connectivity index is 2.48. The van der Waals surface area contributed by atoms with Crippen molar-refractivity contribution in [2.45, 2.75) is 52.5 Å². The molecule has 0 aromatic rings. The van der Waals surface area contributed by atoms with Gasteiger partial charge in [0.1, 0.15) is 0 Å². The number of primary amides is 1. The number of ether oxygens (including phenoxy) is 1. The highest BCUT2D eigenvalue weighted by Gasteiger charge is 2.34. The van der Waals surface area contributed by atoms with Crippen molar-refractivity contribution in [2.75, 3.05) is 20.3 Å². The second-order valence-electron chi connectivity index (χ2n) is 6.80. The van der Waals surface area contributed by atoms with Gasteiger partial charge < -0.3 is 15.8 Å². The molecule has 4 nitrogen and oxygen atoms in total. The van der Waals surface area contributed by atoms with Crippen LogP contribution in [0, 0.1) is 17.3 Å². The van der Waals surface area contributed by atoms with E-state index in [9.17, 15) is 4.79 Å². The number of carbonyl (C=O) groups excluding carboxylic acids is 1. The van der Waals surface area contributed by atoms with Crippen LogP contribution < -0.4 is 11.1 Å². The smallest absolute Gasteiger partial charge is 0.234 e. The van der Waals surface area contributed by atoms with Gasteiger partial charge in [0, 0.05) is 13.7 Å². The zero-order valence-corrected chi connectivity index (χ0v) is 12.9. The predicted molar refractivity (Wildman–Crippen MR) is 77.8 cm³/mol. The van der Waals surface area contributed by atoms with Gasteiger partial charge in [0.15, 0.2) is 0 Å². The van der Waals surface area contributed by atoms with Crippen LogP contribution in [0.2, 0.25) is 0 Å². The zero-order chi connectivity index (χ0) is 14.5. The third-order valence-electron chi connectivity index (χ3n) is 4.44. The standard InChI is InChI=1S/C15H30N2O2/c1-15(2,3)12-7-5-11(6-8-12)13(14(16)18)17-9-10-19-4/h11-13,17H,5-10H2,1-4H3,(H2,16,18). The SMILES string of the molecule is COCCNC(C(N)=O)C1CCC(C(C)(C)C)CC1. The summed E-state index contributed by atoms with van der Waals surface area (Å²) in [6.45, 7) is 8.21. The molecule has 1 unspecified atom stereocenters. The van der Waals surface area contributed by atoms with Crippen molar-refractivity contribution < 1.29 is 9.53 Å². The number of hydrogen-bond acceptors (Lipinski definition) is 3. The first kappa shape index (κ1) is 16.4. The number of rotatable bonds is 6. The van der Waals surface area contributed by atoms with Crippen LogP contribution in [-0.2, 0) is 9.53 Å². The Morgan fingerprint density at radius 1 is 1.32 bits per heavy atom. The van der Waals surface area contributed by atoms with Crippen LogP contribution in [0.25, 0.3) is 0 Å². The van der Waals surface area contributed by atoms with Gasteiger partial charge in [-0.2, -0.15) is 0 Å². The molecule has 0 radical (unpaired) electrons. The fraction of sp³-hybridized carbons (Fsp3) is 0.933. The van der Waals surface area contributed by atoms with E-state index in [0.717, 1.165) is 18.8 Å². The lowest BCUT2D eigenvalue weighted by Crippen LogP contribution is -2.49. The van der Waals surface area contributed by atoms with Crippen LogP contribution in [0.15, 0.2) is 0 Å². The van der Waals surface area contributed by atoms with Crippen molar-refractivity contribution in [1.82, 2.24) is 5.32 Å². The van der Waals surface area contributed by atoms with Crippen molar-refractivity contribution in [3.05, 3.63) is 0 Å². The fourth-order valence-electron chi connectivity index (χ4n) is 3.13. The zero-order valence-electron chi connectivity index (χ0n) is 12.9. The Bertz CT molecular complexity index is 278. The predicted octanol–water partition coefficient (Wildman–Crippen LogP) is 1.93. The molecule has 0 saturated heterocycles. The summed E-state index contributed by atoms with van der Waals surface area (Å²) < 4.78 is 5.01. The summed E-state index contributed by atoms with van der Waals surface area (Å²) in [5.41, 5.74) is 5.90. The van der Waals surface area contributed by atoms with Gasteiger partial charge in [0.25, 0.3) is 0 Å². The highest BCUT2D eigenvalue weighted by Crippen LogP contribution is 2.40. The Kier molecular flexibility index (Phi) is 6.27. The van der Waals surface area contributed by atoms with Crippen molar-refractivity contribution in [3.63, 3.8) is 0 Å². The second-order valence-corrected chi connectivity index (χ2v) is 6.80. The first-order valence-electron chi connectivity index (χ1n) is 7.38. The molecule has 0 bridgehead atoms. The average Bonchev–Trinajstić information content (AvgIpc) is 2.33. The van der Waals surface area contributed by atoms with Crippen LogP contribution in [-0.4, -0.2) is 32.2 Å². The molecular formula is C15H30N2O2. The van der Waals surface area contributed by atoms with Gasteiger partial charge in [0.05, 0.1) is 12.6 Å². The molecule has 1 saturated carbocycles. The number of amides is 1. The van der Waals surface area contributed by atoms with Gasteiger partial charge >= 0.3 is 0 Å². The highest BCUT2D eigenvalue weighted by molar-refractivity contribution is 5.80. The van der Waals surface area contributed by atoms with Crippen LogP contribution in [0.5, 0.6) is 0 Å². The third-order valence-corrected chi connectivity index (χ3v) is 4.44. The highest BCUT2D eigenvalue weighted by atomic mass is 16.5. The van der Waals surface area contributed by atoms with E-state index in [1.807, 2.05) is 0 Å². The lowest BCUT2D eigenvalue weighted by Gasteiger charge is -2.39. The third kappa shape index (κ3) is 5.11. The molecular weight excluding hydrogens is 240 g/mol. The molecule has 0 aromatic heterocycles. The molecule has 0 spiro atoms. The number of nitrogens with two attached hydrogens (primary N) is 1. The van der Waals surface area contributed by atoms with Gasteiger partial charge in [0.2, 0.25) is 5.91 Å². The van der Waals surface area contributed by atoms with Crippen LogP contribution in [0.3, 0.4) is 0 Å². The Hall–Kier alpha value is -0.610. The first-order chi connectivity index (χ1) is 8.86. The molecule has 0 aliphatic heterocycles. The second kappa shape index (κ2) is 7.25. The molecule has 3 N–H and O–H groups in total. The minimum Gasteiger partial charge on any atom is -0.383 e. The topological polar surface area (TPSA) is 64.3 Å². The normalized spacial score (nSPS) is 26.1. The largest absolute Gasteiger partial charge is 0.383 e. The summed E-state index contributed by atoms with van der Waals surface area (Å²) in [6.07, 6.45) is 4.58. The molecule has 4 heteroatoms. The Morgan fingerprint density at radius 3 is 2.32 bits per heavy atom. The molecule has 0 aromatic carbocycles. The van der Waals surface area contributed by atoms with E-state index in [2.05, 4.69) is 26.1 Å². The molecule has 1 rings (SSSR count). The van der Waals surface area contributed by atoms with E-state index in [4.69, 9.17) is 10.5 Å². The van der Waals surface area contributed by atoms with E-state index >= 15 is 0 Å². The molecule has 1 aliphatic carbocycles. The van der Waals surface area contributed by atoms with Gasteiger partial charge in [-0.1, -0.05) is 20.8 Å².